The normalized spacial score (nSPS) is 11.2. The molecule has 0 heterocycles. The van der Waals surface area contributed by atoms with E-state index in [1.54, 1.807) is 0 Å². The molecule has 1 aromatic rings. The van der Waals surface area contributed by atoms with Crippen molar-refractivity contribution in [3.05, 3.63) is 48.0 Å². The first-order valence-corrected chi connectivity index (χ1v) is 7.22. The molecule has 0 fully saturated rings. The SMILES string of the molecule is C=CCCCN(C)Cc1cccc(CNC(C)C)c1. The fourth-order valence-corrected chi connectivity index (χ4v) is 2.06. The van der Waals surface area contributed by atoms with Gasteiger partial charge in [0.15, 0.2) is 0 Å². The van der Waals surface area contributed by atoms with Crippen LogP contribution in [0.1, 0.15) is 37.8 Å². The average molecular weight is 260 g/mol. The summed E-state index contributed by atoms with van der Waals surface area (Å²) in [6, 6.07) is 9.40. The van der Waals surface area contributed by atoms with Gasteiger partial charge in [-0.15, -0.1) is 6.58 Å². The predicted molar refractivity (Wildman–Crippen MR) is 84.2 cm³/mol. The molecule has 0 bridgehead atoms. The Labute approximate surface area is 118 Å². The van der Waals surface area contributed by atoms with Gasteiger partial charge in [-0.2, -0.15) is 0 Å². The van der Waals surface area contributed by atoms with E-state index in [2.05, 4.69) is 62.0 Å². The van der Waals surface area contributed by atoms with E-state index >= 15 is 0 Å². The van der Waals surface area contributed by atoms with Crippen LogP contribution in [0.5, 0.6) is 0 Å². The lowest BCUT2D eigenvalue weighted by Gasteiger charge is -2.17. The summed E-state index contributed by atoms with van der Waals surface area (Å²) in [6.07, 6.45) is 4.28. The minimum Gasteiger partial charge on any atom is -0.310 e. The first-order chi connectivity index (χ1) is 9.11. The van der Waals surface area contributed by atoms with Gasteiger partial charge in [0.25, 0.3) is 0 Å². The summed E-state index contributed by atoms with van der Waals surface area (Å²) in [5.74, 6) is 0. The molecule has 1 N–H and O–H groups in total. The molecule has 2 heteroatoms. The van der Waals surface area contributed by atoms with E-state index < -0.39 is 0 Å². The fourth-order valence-electron chi connectivity index (χ4n) is 2.06. The molecule has 0 aliphatic carbocycles. The Bertz CT molecular complexity index is 371. The Hall–Kier alpha value is -1.12. The lowest BCUT2D eigenvalue weighted by molar-refractivity contribution is 0.323. The van der Waals surface area contributed by atoms with Crippen molar-refractivity contribution in [3.8, 4) is 0 Å². The molecular weight excluding hydrogens is 232 g/mol. The lowest BCUT2D eigenvalue weighted by atomic mass is 10.1. The van der Waals surface area contributed by atoms with Crippen molar-refractivity contribution in [3.63, 3.8) is 0 Å². The Kier molecular flexibility index (Phi) is 7.46. The first-order valence-electron chi connectivity index (χ1n) is 7.22. The summed E-state index contributed by atoms with van der Waals surface area (Å²) >= 11 is 0. The van der Waals surface area contributed by atoms with E-state index in [9.17, 15) is 0 Å². The maximum Gasteiger partial charge on any atom is 0.0230 e. The molecule has 0 unspecified atom stereocenters. The zero-order valence-electron chi connectivity index (χ0n) is 12.7. The molecule has 19 heavy (non-hydrogen) atoms. The van der Waals surface area contributed by atoms with Crippen molar-refractivity contribution in [2.45, 2.75) is 45.8 Å². The molecule has 0 radical (unpaired) electrons. The van der Waals surface area contributed by atoms with Crippen molar-refractivity contribution in [2.75, 3.05) is 13.6 Å². The van der Waals surface area contributed by atoms with Crippen molar-refractivity contribution in [1.82, 2.24) is 10.2 Å². The minimum absolute atomic E-state index is 0.533. The maximum atomic E-state index is 3.76. The van der Waals surface area contributed by atoms with Crippen LogP contribution in [-0.4, -0.2) is 24.5 Å². The third kappa shape index (κ3) is 7.14. The number of allylic oxidation sites excluding steroid dienone is 1. The van der Waals surface area contributed by atoms with E-state index in [1.165, 1.54) is 17.5 Å². The van der Waals surface area contributed by atoms with Gasteiger partial charge in [-0.05, 0) is 37.6 Å². The third-order valence-corrected chi connectivity index (χ3v) is 3.11. The maximum absolute atomic E-state index is 3.76. The number of benzene rings is 1. The Morgan fingerprint density at radius 2 is 2.05 bits per heavy atom. The molecule has 0 spiro atoms. The second-order valence-corrected chi connectivity index (χ2v) is 5.52. The standard InChI is InChI=1S/C17H28N2/c1-5-6-7-11-19(4)14-17-10-8-9-16(12-17)13-18-15(2)3/h5,8-10,12,15,18H,1,6-7,11,13-14H2,2-4H3. The number of unbranched alkanes of at least 4 members (excludes halogenated alkanes) is 1. The highest BCUT2D eigenvalue weighted by atomic mass is 15.1. The zero-order valence-corrected chi connectivity index (χ0v) is 12.7. The van der Waals surface area contributed by atoms with Gasteiger partial charge in [0.2, 0.25) is 0 Å². The molecule has 1 aromatic carbocycles. The van der Waals surface area contributed by atoms with Gasteiger partial charge >= 0.3 is 0 Å². The van der Waals surface area contributed by atoms with E-state index in [0.717, 1.165) is 26.1 Å². The second-order valence-electron chi connectivity index (χ2n) is 5.52. The molecule has 0 amide bonds. The van der Waals surface area contributed by atoms with E-state index in [4.69, 9.17) is 0 Å². The quantitative estimate of drug-likeness (QED) is 0.539. The number of nitrogens with one attached hydrogen (secondary N) is 1. The molecular formula is C17H28N2. The van der Waals surface area contributed by atoms with Crippen molar-refractivity contribution in [1.29, 1.82) is 0 Å². The highest BCUT2D eigenvalue weighted by molar-refractivity contribution is 5.23. The monoisotopic (exact) mass is 260 g/mol. The van der Waals surface area contributed by atoms with E-state index in [-0.39, 0.29) is 0 Å². The van der Waals surface area contributed by atoms with Gasteiger partial charge < -0.3 is 10.2 Å². The van der Waals surface area contributed by atoms with Crippen molar-refractivity contribution < 1.29 is 0 Å². The largest absolute Gasteiger partial charge is 0.310 e. The molecule has 0 saturated heterocycles. The molecule has 0 atom stereocenters. The van der Waals surface area contributed by atoms with Gasteiger partial charge in [-0.3, -0.25) is 0 Å². The summed E-state index contributed by atoms with van der Waals surface area (Å²) in [7, 11) is 2.18. The highest BCUT2D eigenvalue weighted by Crippen LogP contribution is 2.08. The van der Waals surface area contributed by atoms with Crippen LogP contribution >= 0.6 is 0 Å². The topological polar surface area (TPSA) is 15.3 Å². The smallest absolute Gasteiger partial charge is 0.0230 e. The Balaban J connectivity index is 2.44. The van der Waals surface area contributed by atoms with Crippen LogP contribution in [0.3, 0.4) is 0 Å². The predicted octanol–water partition coefficient (Wildman–Crippen LogP) is 3.58. The first kappa shape index (κ1) is 15.9. The molecule has 0 aliphatic heterocycles. The molecule has 2 nitrogen and oxygen atoms in total. The lowest BCUT2D eigenvalue weighted by Crippen LogP contribution is -2.22. The zero-order chi connectivity index (χ0) is 14.1. The summed E-state index contributed by atoms with van der Waals surface area (Å²) in [5, 5.41) is 3.46. The van der Waals surface area contributed by atoms with Gasteiger partial charge in [0, 0.05) is 19.1 Å². The molecule has 0 aromatic heterocycles. The van der Waals surface area contributed by atoms with Gasteiger partial charge in [-0.1, -0.05) is 44.2 Å². The summed E-state index contributed by atoms with van der Waals surface area (Å²) in [6.45, 7) is 11.2. The highest BCUT2D eigenvalue weighted by Gasteiger charge is 2.01. The van der Waals surface area contributed by atoms with Gasteiger partial charge in [0.1, 0.15) is 0 Å². The van der Waals surface area contributed by atoms with Gasteiger partial charge in [-0.25, -0.2) is 0 Å². The van der Waals surface area contributed by atoms with Gasteiger partial charge in [0.05, 0.1) is 0 Å². The van der Waals surface area contributed by atoms with Crippen LogP contribution in [0.25, 0.3) is 0 Å². The number of nitrogens with zero attached hydrogens (tertiary/aromatic N) is 1. The number of rotatable bonds is 9. The second kappa shape index (κ2) is 8.89. The number of hydrogen-bond acceptors (Lipinski definition) is 2. The van der Waals surface area contributed by atoms with Crippen LogP contribution in [-0.2, 0) is 13.1 Å². The summed E-state index contributed by atoms with van der Waals surface area (Å²) in [4.78, 5) is 2.37. The Morgan fingerprint density at radius 3 is 2.74 bits per heavy atom. The summed E-state index contributed by atoms with van der Waals surface area (Å²) in [5.41, 5.74) is 2.76. The van der Waals surface area contributed by atoms with E-state index in [0.29, 0.717) is 6.04 Å². The molecule has 0 aliphatic rings. The van der Waals surface area contributed by atoms with Crippen LogP contribution in [0, 0.1) is 0 Å². The summed E-state index contributed by atoms with van der Waals surface area (Å²) < 4.78 is 0. The third-order valence-electron chi connectivity index (χ3n) is 3.11. The average Bonchev–Trinajstić information content (AvgIpc) is 2.37. The van der Waals surface area contributed by atoms with Crippen molar-refractivity contribution >= 4 is 0 Å². The number of hydrogen-bond donors (Lipinski definition) is 1. The fraction of sp³-hybridized carbons (Fsp3) is 0.529. The molecule has 0 saturated carbocycles. The Morgan fingerprint density at radius 1 is 1.32 bits per heavy atom. The van der Waals surface area contributed by atoms with Crippen LogP contribution in [0.4, 0.5) is 0 Å². The van der Waals surface area contributed by atoms with Crippen molar-refractivity contribution in [2.24, 2.45) is 0 Å². The van der Waals surface area contributed by atoms with E-state index in [1.807, 2.05) is 6.08 Å². The molecule has 106 valence electrons. The van der Waals surface area contributed by atoms with Crippen LogP contribution < -0.4 is 5.32 Å². The molecule has 1 rings (SSSR count). The minimum atomic E-state index is 0.533. The van der Waals surface area contributed by atoms with Crippen LogP contribution in [0.15, 0.2) is 36.9 Å². The van der Waals surface area contributed by atoms with Crippen LogP contribution in [0.2, 0.25) is 0 Å².